The van der Waals surface area contributed by atoms with Crippen molar-refractivity contribution in [3.8, 4) is 17.2 Å². The van der Waals surface area contributed by atoms with Crippen LogP contribution in [0.1, 0.15) is 81.3 Å². The Morgan fingerprint density at radius 1 is 1.06 bits per heavy atom. The minimum absolute atomic E-state index is 0.0262. The van der Waals surface area contributed by atoms with Crippen molar-refractivity contribution >= 4 is 11.6 Å². The second-order valence-corrected chi connectivity index (χ2v) is 8.97. The molecule has 0 spiro atoms. The first-order valence-electron chi connectivity index (χ1n) is 12.1. The van der Waals surface area contributed by atoms with Crippen LogP contribution in [0.4, 0.5) is 5.69 Å². The third kappa shape index (κ3) is 7.98. The van der Waals surface area contributed by atoms with Crippen LogP contribution >= 0.6 is 0 Å². The third-order valence-electron chi connectivity index (χ3n) is 5.83. The molecule has 3 N–H and O–H groups in total. The highest BCUT2D eigenvalue weighted by atomic mass is 16.5. The molecule has 0 unspecified atom stereocenters. The summed E-state index contributed by atoms with van der Waals surface area (Å²) in [7, 11) is 1.59. The van der Waals surface area contributed by atoms with E-state index in [0.717, 1.165) is 32.1 Å². The van der Waals surface area contributed by atoms with Crippen LogP contribution < -0.4 is 10.1 Å². The van der Waals surface area contributed by atoms with Gasteiger partial charge < -0.3 is 20.3 Å². The van der Waals surface area contributed by atoms with Gasteiger partial charge in [0, 0.05) is 11.3 Å². The molecule has 0 fully saturated rings. The fourth-order valence-corrected chi connectivity index (χ4v) is 3.80. The van der Waals surface area contributed by atoms with E-state index in [1.807, 2.05) is 13.0 Å². The summed E-state index contributed by atoms with van der Waals surface area (Å²) in [5, 5.41) is 24.7. The molecular weight excluding hydrogens is 426 g/mol. The molecule has 184 valence electrons. The lowest BCUT2D eigenvalue weighted by Crippen LogP contribution is -2.15. The minimum Gasteiger partial charge on any atom is -0.508 e. The number of carbonyl (C=O) groups excluding carboxylic acids is 1. The molecule has 2 aromatic carbocycles. The number of phenols is 2. The van der Waals surface area contributed by atoms with Gasteiger partial charge in [-0.05, 0) is 88.8 Å². The number of nitrogens with one attached hydrogen (secondary N) is 1. The zero-order valence-corrected chi connectivity index (χ0v) is 21.2. The lowest BCUT2D eigenvalue weighted by atomic mass is 9.94. The van der Waals surface area contributed by atoms with E-state index in [0.29, 0.717) is 35.4 Å². The number of benzene rings is 2. The predicted molar refractivity (Wildman–Crippen MR) is 140 cm³/mol. The minimum atomic E-state index is -0.389. The molecule has 0 saturated carbocycles. The van der Waals surface area contributed by atoms with Gasteiger partial charge in [-0.2, -0.15) is 0 Å². The van der Waals surface area contributed by atoms with Gasteiger partial charge in [0.15, 0.2) is 0 Å². The number of allylic oxidation sites excluding steroid dienone is 4. The summed E-state index contributed by atoms with van der Waals surface area (Å²) < 4.78 is 5.17. The van der Waals surface area contributed by atoms with Crippen molar-refractivity contribution in [2.24, 2.45) is 0 Å². The van der Waals surface area contributed by atoms with E-state index in [4.69, 9.17) is 4.74 Å². The molecule has 34 heavy (non-hydrogen) atoms. The molecule has 0 aliphatic rings. The number of hydrogen-bond acceptors (Lipinski definition) is 4. The summed E-state index contributed by atoms with van der Waals surface area (Å²) in [6, 6.07) is 8.68. The fourth-order valence-electron chi connectivity index (χ4n) is 3.80. The maximum Gasteiger partial charge on any atom is 0.259 e. The van der Waals surface area contributed by atoms with Gasteiger partial charge in [0.05, 0.1) is 12.7 Å². The van der Waals surface area contributed by atoms with Crippen LogP contribution in [0.3, 0.4) is 0 Å². The topological polar surface area (TPSA) is 78.8 Å². The zero-order valence-electron chi connectivity index (χ0n) is 21.2. The highest BCUT2D eigenvalue weighted by Crippen LogP contribution is 2.36. The SMILES string of the molecule is CCCCCc1cc(O)c(C/C=C(\C)CCC=C(C)C)c(O)c1C(=O)Nc1ccc(OC)cc1. The Bertz CT molecular complexity index is 1020. The molecule has 5 heteroatoms. The largest absolute Gasteiger partial charge is 0.508 e. The molecule has 0 atom stereocenters. The molecular formula is C29H39NO4. The summed E-state index contributed by atoms with van der Waals surface area (Å²) in [5.74, 6) is 0.184. The number of aryl methyl sites for hydroxylation is 1. The highest BCUT2D eigenvalue weighted by Gasteiger charge is 2.22. The molecule has 2 rings (SSSR count). The number of unbranched alkanes of at least 4 members (excludes halogenated alkanes) is 2. The average molecular weight is 466 g/mol. The Morgan fingerprint density at radius 2 is 1.76 bits per heavy atom. The van der Waals surface area contributed by atoms with Gasteiger partial charge in [-0.1, -0.05) is 43.1 Å². The van der Waals surface area contributed by atoms with Crippen LogP contribution in [-0.4, -0.2) is 23.2 Å². The number of methoxy groups -OCH3 is 1. The van der Waals surface area contributed by atoms with E-state index in [2.05, 4.69) is 32.2 Å². The van der Waals surface area contributed by atoms with Gasteiger partial charge in [0.1, 0.15) is 17.2 Å². The highest BCUT2D eigenvalue weighted by molar-refractivity contribution is 6.07. The summed E-state index contributed by atoms with van der Waals surface area (Å²) in [4.78, 5) is 13.2. The lowest BCUT2D eigenvalue weighted by Gasteiger charge is -2.16. The molecule has 2 aromatic rings. The Balaban J connectivity index is 2.34. The number of phenolic OH excluding ortho intramolecular Hbond substituents is 2. The van der Waals surface area contributed by atoms with Crippen LogP contribution in [0.2, 0.25) is 0 Å². The molecule has 0 saturated heterocycles. The molecule has 5 nitrogen and oxygen atoms in total. The Labute approximate surface area is 204 Å². The maximum atomic E-state index is 13.2. The van der Waals surface area contributed by atoms with E-state index >= 15 is 0 Å². The van der Waals surface area contributed by atoms with Gasteiger partial charge in [0.2, 0.25) is 0 Å². The van der Waals surface area contributed by atoms with Crippen molar-refractivity contribution in [3.05, 3.63) is 70.3 Å². The van der Waals surface area contributed by atoms with E-state index in [9.17, 15) is 15.0 Å². The normalized spacial score (nSPS) is 11.3. The molecule has 0 aliphatic carbocycles. The standard InChI is InChI=1S/C29H39NO4/c1-6-7-8-12-22-19-26(31)25(18-13-21(4)11-9-10-20(2)3)28(32)27(22)29(33)30-23-14-16-24(34-5)17-15-23/h10,13-17,19,31-32H,6-9,11-12,18H2,1-5H3,(H,30,33)/b21-13+. The van der Waals surface area contributed by atoms with Crippen molar-refractivity contribution in [3.63, 3.8) is 0 Å². The van der Waals surface area contributed by atoms with Crippen LogP contribution in [0.15, 0.2) is 53.6 Å². The van der Waals surface area contributed by atoms with Gasteiger partial charge in [-0.15, -0.1) is 0 Å². The van der Waals surface area contributed by atoms with Gasteiger partial charge >= 0.3 is 0 Å². The van der Waals surface area contributed by atoms with E-state index in [1.165, 1.54) is 11.1 Å². The Kier molecular flexibility index (Phi) is 10.7. The quantitative estimate of drug-likeness (QED) is 0.226. The van der Waals surface area contributed by atoms with Crippen molar-refractivity contribution in [1.82, 2.24) is 0 Å². The summed E-state index contributed by atoms with van der Waals surface area (Å²) >= 11 is 0. The van der Waals surface area contributed by atoms with Gasteiger partial charge in [-0.25, -0.2) is 0 Å². The average Bonchev–Trinajstić information content (AvgIpc) is 2.79. The second-order valence-electron chi connectivity index (χ2n) is 8.97. The molecule has 0 bridgehead atoms. The Hall–Kier alpha value is -3.21. The number of amides is 1. The van der Waals surface area contributed by atoms with E-state index in [-0.39, 0.29) is 23.0 Å². The van der Waals surface area contributed by atoms with Crippen molar-refractivity contribution in [2.45, 2.75) is 72.6 Å². The van der Waals surface area contributed by atoms with E-state index < -0.39 is 0 Å². The first kappa shape index (κ1) is 27.0. The zero-order chi connectivity index (χ0) is 25.1. The van der Waals surface area contributed by atoms with Crippen molar-refractivity contribution in [2.75, 3.05) is 12.4 Å². The third-order valence-corrected chi connectivity index (χ3v) is 5.83. The number of rotatable bonds is 12. The summed E-state index contributed by atoms with van der Waals surface area (Å²) in [6.45, 7) is 8.32. The molecule has 0 aromatic heterocycles. The number of hydrogen-bond donors (Lipinski definition) is 3. The smallest absolute Gasteiger partial charge is 0.259 e. The maximum absolute atomic E-state index is 13.2. The summed E-state index contributed by atoms with van der Waals surface area (Å²) in [6.07, 6.45) is 9.96. The van der Waals surface area contributed by atoms with Crippen LogP contribution in [0, 0.1) is 0 Å². The molecule has 0 heterocycles. The van der Waals surface area contributed by atoms with Crippen LogP contribution in [0.5, 0.6) is 17.2 Å². The fraction of sp³-hybridized carbons (Fsp3) is 0.414. The molecule has 1 amide bonds. The summed E-state index contributed by atoms with van der Waals surface area (Å²) in [5.41, 5.74) is 4.33. The first-order valence-corrected chi connectivity index (χ1v) is 12.1. The monoisotopic (exact) mass is 465 g/mol. The number of carbonyl (C=O) groups is 1. The number of aromatic hydroxyl groups is 2. The van der Waals surface area contributed by atoms with Crippen molar-refractivity contribution in [1.29, 1.82) is 0 Å². The molecule has 0 aliphatic heterocycles. The first-order chi connectivity index (χ1) is 16.3. The number of ether oxygens (including phenoxy) is 1. The van der Waals surface area contributed by atoms with Gasteiger partial charge in [-0.3, -0.25) is 4.79 Å². The van der Waals surface area contributed by atoms with E-state index in [1.54, 1.807) is 37.4 Å². The lowest BCUT2D eigenvalue weighted by molar-refractivity contribution is 0.102. The van der Waals surface area contributed by atoms with Crippen molar-refractivity contribution < 1.29 is 19.7 Å². The number of anilines is 1. The van der Waals surface area contributed by atoms with Crippen LogP contribution in [0.25, 0.3) is 0 Å². The van der Waals surface area contributed by atoms with Crippen LogP contribution in [-0.2, 0) is 12.8 Å². The van der Waals surface area contributed by atoms with Gasteiger partial charge in [0.25, 0.3) is 5.91 Å². The Morgan fingerprint density at radius 3 is 2.38 bits per heavy atom. The molecule has 0 radical (unpaired) electrons. The predicted octanol–water partition coefficient (Wildman–Crippen LogP) is 7.33. The second kappa shape index (κ2) is 13.5.